The standard InChI is InChI=1S/C13H21N3S2/c1-2-3-7-17-13-12(14-18-15-13)11-9-16-6-4-5-10(11)8-16/h10-11H,2-9H2,1H3/t10-,11-/m1/s1. The molecular formula is C13H21N3S2. The minimum atomic E-state index is 0.662. The molecule has 3 heterocycles. The first-order valence-electron chi connectivity index (χ1n) is 7.06. The Labute approximate surface area is 118 Å². The zero-order chi connectivity index (χ0) is 12.4. The van der Waals surface area contributed by atoms with Crippen LogP contribution in [0.5, 0.6) is 0 Å². The SMILES string of the molecule is CCCCSc1nsnc1[C@@H]1CN2CCC[C@@H]1C2. The van der Waals surface area contributed by atoms with Gasteiger partial charge >= 0.3 is 0 Å². The molecule has 0 N–H and O–H groups in total. The van der Waals surface area contributed by atoms with Gasteiger partial charge in [-0.2, -0.15) is 8.75 Å². The van der Waals surface area contributed by atoms with E-state index in [4.69, 9.17) is 0 Å². The Morgan fingerprint density at radius 1 is 1.39 bits per heavy atom. The number of fused-ring (bicyclic) bond motifs is 2. The summed E-state index contributed by atoms with van der Waals surface area (Å²) in [5.74, 6) is 2.69. The predicted molar refractivity (Wildman–Crippen MR) is 77.4 cm³/mol. The van der Waals surface area contributed by atoms with Gasteiger partial charge in [-0.05, 0) is 37.5 Å². The molecular weight excluding hydrogens is 262 g/mol. The summed E-state index contributed by atoms with van der Waals surface area (Å²) in [6.45, 7) is 6.05. The second kappa shape index (κ2) is 5.88. The van der Waals surface area contributed by atoms with Crippen molar-refractivity contribution in [3.8, 4) is 0 Å². The van der Waals surface area contributed by atoms with Crippen LogP contribution in [0.15, 0.2) is 5.03 Å². The van der Waals surface area contributed by atoms with Gasteiger partial charge in [0.15, 0.2) is 0 Å². The van der Waals surface area contributed by atoms with Crippen molar-refractivity contribution in [3.63, 3.8) is 0 Å². The van der Waals surface area contributed by atoms with Crippen LogP contribution in [0.4, 0.5) is 0 Å². The Bertz CT molecular complexity index is 393. The number of aromatic nitrogens is 2. The highest BCUT2D eigenvalue weighted by Crippen LogP contribution is 2.41. The van der Waals surface area contributed by atoms with Crippen LogP contribution < -0.4 is 0 Å². The van der Waals surface area contributed by atoms with Gasteiger partial charge in [0.1, 0.15) is 5.03 Å². The van der Waals surface area contributed by atoms with Gasteiger partial charge < -0.3 is 4.90 Å². The first-order chi connectivity index (χ1) is 8.88. The van der Waals surface area contributed by atoms with Crippen LogP contribution in [-0.4, -0.2) is 39.0 Å². The van der Waals surface area contributed by atoms with Crippen LogP contribution in [0.25, 0.3) is 0 Å². The second-order valence-corrected chi connectivity index (χ2v) is 7.04. The van der Waals surface area contributed by atoms with E-state index in [1.54, 1.807) is 0 Å². The summed E-state index contributed by atoms with van der Waals surface area (Å²) in [4.78, 5) is 2.61. The molecule has 0 amide bonds. The fourth-order valence-corrected chi connectivity index (χ4v) is 5.01. The van der Waals surface area contributed by atoms with Crippen molar-refractivity contribution in [2.24, 2.45) is 5.92 Å². The molecule has 2 aliphatic rings. The van der Waals surface area contributed by atoms with E-state index in [0.29, 0.717) is 5.92 Å². The molecule has 1 unspecified atom stereocenters. The molecule has 0 aromatic carbocycles. The highest BCUT2D eigenvalue weighted by Gasteiger charge is 2.38. The van der Waals surface area contributed by atoms with E-state index in [0.717, 1.165) is 5.92 Å². The van der Waals surface area contributed by atoms with Gasteiger partial charge in [-0.25, -0.2) is 0 Å². The smallest absolute Gasteiger partial charge is 0.134 e. The van der Waals surface area contributed by atoms with E-state index >= 15 is 0 Å². The number of hydrogen-bond acceptors (Lipinski definition) is 5. The van der Waals surface area contributed by atoms with E-state index in [1.807, 2.05) is 11.8 Å². The third-order valence-corrected chi connectivity index (χ3v) is 5.86. The first-order valence-corrected chi connectivity index (χ1v) is 8.77. The highest BCUT2D eigenvalue weighted by atomic mass is 32.2. The van der Waals surface area contributed by atoms with Gasteiger partial charge in [0, 0.05) is 19.0 Å². The van der Waals surface area contributed by atoms with Crippen LogP contribution in [0, 0.1) is 5.92 Å². The molecule has 2 aliphatic heterocycles. The van der Waals surface area contributed by atoms with E-state index in [9.17, 15) is 0 Å². The van der Waals surface area contributed by atoms with Crippen molar-refractivity contribution < 1.29 is 0 Å². The van der Waals surface area contributed by atoms with E-state index in [-0.39, 0.29) is 0 Å². The highest BCUT2D eigenvalue weighted by molar-refractivity contribution is 7.99. The van der Waals surface area contributed by atoms with Gasteiger partial charge in [-0.15, -0.1) is 11.8 Å². The minimum Gasteiger partial charge on any atom is -0.302 e. The van der Waals surface area contributed by atoms with Gasteiger partial charge in [0.05, 0.1) is 17.4 Å². The number of thioether (sulfide) groups is 1. The maximum atomic E-state index is 4.62. The number of nitrogens with zero attached hydrogens (tertiary/aromatic N) is 3. The lowest BCUT2D eigenvalue weighted by Crippen LogP contribution is -2.25. The van der Waals surface area contributed by atoms with Gasteiger partial charge in [-0.3, -0.25) is 0 Å². The zero-order valence-electron chi connectivity index (χ0n) is 11.0. The van der Waals surface area contributed by atoms with E-state index < -0.39 is 0 Å². The molecule has 0 saturated carbocycles. The van der Waals surface area contributed by atoms with Crippen molar-refractivity contribution in [1.82, 2.24) is 13.6 Å². The maximum Gasteiger partial charge on any atom is 0.134 e. The molecule has 5 heteroatoms. The zero-order valence-corrected chi connectivity index (χ0v) is 12.6. The molecule has 2 bridgehead atoms. The largest absolute Gasteiger partial charge is 0.302 e. The van der Waals surface area contributed by atoms with Gasteiger partial charge in [0.2, 0.25) is 0 Å². The monoisotopic (exact) mass is 283 g/mol. The maximum absolute atomic E-state index is 4.62. The molecule has 1 aromatic rings. The summed E-state index contributed by atoms with van der Waals surface area (Å²) in [7, 11) is 0. The topological polar surface area (TPSA) is 29.0 Å². The Morgan fingerprint density at radius 3 is 3.17 bits per heavy atom. The molecule has 3 rings (SSSR count). The summed E-state index contributed by atoms with van der Waals surface area (Å²) in [5.41, 5.74) is 1.32. The molecule has 2 saturated heterocycles. The summed E-state index contributed by atoms with van der Waals surface area (Å²) < 4.78 is 9.14. The third kappa shape index (κ3) is 2.58. The summed E-state index contributed by atoms with van der Waals surface area (Å²) >= 11 is 3.32. The Hall–Kier alpha value is -0.130. The lowest BCUT2D eigenvalue weighted by Gasteiger charge is -2.21. The first kappa shape index (κ1) is 12.9. The summed E-state index contributed by atoms with van der Waals surface area (Å²) in [6, 6.07) is 0. The lowest BCUT2D eigenvalue weighted by molar-refractivity contribution is 0.269. The van der Waals surface area contributed by atoms with Crippen LogP contribution in [0.3, 0.4) is 0 Å². The second-order valence-electron chi connectivity index (χ2n) is 5.43. The van der Waals surface area contributed by atoms with E-state index in [1.165, 1.54) is 73.5 Å². The van der Waals surface area contributed by atoms with Crippen molar-refractivity contribution in [3.05, 3.63) is 5.69 Å². The minimum absolute atomic E-state index is 0.662. The normalized spacial score (nSPS) is 30.8. The Kier molecular flexibility index (Phi) is 4.21. The van der Waals surface area contributed by atoms with Crippen molar-refractivity contribution >= 4 is 23.5 Å². The van der Waals surface area contributed by atoms with Crippen LogP contribution >= 0.6 is 23.5 Å². The van der Waals surface area contributed by atoms with Crippen LogP contribution in [0.2, 0.25) is 0 Å². The van der Waals surface area contributed by atoms with Gasteiger partial charge in [-0.1, -0.05) is 13.3 Å². The average Bonchev–Trinajstić information content (AvgIpc) is 2.95. The Balaban J connectivity index is 1.70. The fourth-order valence-electron chi connectivity index (χ4n) is 3.15. The van der Waals surface area contributed by atoms with Crippen LogP contribution in [0.1, 0.15) is 44.2 Å². The molecule has 100 valence electrons. The van der Waals surface area contributed by atoms with Crippen LogP contribution in [-0.2, 0) is 0 Å². The molecule has 1 aromatic heterocycles. The molecule has 0 spiro atoms. The number of rotatable bonds is 5. The number of piperidine rings is 1. The van der Waals surface area contributed by atoms with Crippen molar-refractivity contribution in [2.75, 3.05) is 25.4 Å². The number of hydrogen-bond donors (Lipinski definition) is 0. The number of unbranched alkanes of at least 4 members (excludes halogenated alkanes) is 1. The van der Waals surface area contributed by atoms with Crippen molar-refractivity contribution in [2.45, 2.75) is 43.6 Å². The molecule has 2 fully saturated rings. The Morgan fingerprint density at radius 2 is 2.33 bits per heavy atom. The predicted octanol–water partition coefficient (Wildman–Crippen LogP) is 3.24. The molecule has 0 radical (unpaired) electrons. The summed E-state index contributed by atoms with van der Waals surface area (Å²) in [5, 5.41) is 1.23. The van der Waals surface area contributed by atoms with E-state index in [2.05, 4.69) is 20.6 Å². The van der Waals surface area contributed by atoms with Crippen molar-refractivity contribution in [1.29, 1.82) is 0 Å². The fraction of sp³-hybridized carbons (Fsp3) is 0.846. The quantitative estimate of drug-likeness (QED) is 0.613. The molecule has 3 atom stereocenters. The lowest BCUT2D eigenvalue weighted by atomic mass is 9.89. The molecule has 3 nitrogen and oxygen atoms in total. The molecule has 0 aliphatic carbocycles. The average molecular weight is 283 g/mol. The molecule has 18 heavy (non-hydrogen) atoms. The third-order valence-electron chi connectivity index (χ3n) is 4.14. The summed E-state index contributed by atoms with van der Waals surface area (Å²) in [6.07, 6.45) is 5.30. The van der Waals surface area contributed by atoms with Gasteiger partial charge in [0.25, 0.3) is 0 Å².